The van der Waals surface area contributed by atoms with E-state index in [2.05, 4.69) is 4.72 Å². The Hall–Kier alpha value is -2.14. The second kappa shape index (κ2) is 8.02. The first-order chi connectivity index (χ1) is 15.2. The number of alkyl halides is 3. The molecule has 0 bridgehead atoms. The normalized spacial score (nSPS) is 18.2. The largest absolute Gasteiger partial charge is 0.598 e. The van der Waals surface area contributed by atoms with Crippen molar-refractivity contribution in [1.29, 1.82) is 0 Å². The van der Waals surface area contributed by atoms with Crippen molar-refractivity contribution >= 4 is 22.3 Å². The van der Waals surface area contributed by atoms with Gasteiger partial charge >= 0.3 is 6.18 Å². The van der Waals surface area contributed by atoms with Gasteiger partial charge in [-0.05, 0) is 35.4 Å². The Morgan fingerprint density at radius 1 is 1.09 bits per heavy atom. The average Bonchev–Trinajstić information content (AvgIpc) is 3.49. The van der Waals surface area contributed by atoms with Crippen LogP contribution >= 0.6 is 0 Å². The molecule has 0 radical (unpaired) electrons. The highest BCUT2D eigenvalue weighted by Gasteiger charge is 2.36. The van der Waals surface area contributed by atoms with Crippen molar-refractivity contribution in [3.05, 3.63) is 59.3 Å². The van der Waals surface area contributed by atoms with Crippen LogP contribution in [0, 0.1) is 11.6 Å². The molecule has 2 heterocycles. The van der Waals surface area contributed by atoms with E-state index >= 15 is 4.39 Å². The van der Waals surface area contributed by atoms with Crippen molar-refractivity contribution in [1.82, 2.24) is 9.29 Å². The summed E-state index contributed by atoms with van der Waals surface area (Å²) in [5, 5.41) is 0.653. The van der Waals surface area contributed by atoms with E-state index in [0.29, 0.717) is 35.7 Å². The average molecular weight is 470 g/mol. The summed E-state index contributed by atoms with van der Waals surface area (Å²) < 4.78 is 91.5. The first kappa shape index (κ1) is 21.7. The fraction of sp³-hybridized carbons (Fsp3) is 0.364. The zero-order valence-corrected chi connectivity index (χ0v) is 17.5. The number of fused-ring (bicyclic) bond motifs is 1. The highest BCUT2D eigenvalue weighted by Crippen LogP contribution is 2.40. The van der Waals surface area contributed by atoms with Crippen molar-refractivity contribution < 1.29 is 31.2 Å². The van der Waals surface area contributed by atoms with Crippen LogP contribution in [0.5, 0.6) is 0 Å². The lowest BCUT2D eigenvalue weighted by Crippen LogP contribution is -2.30. The summed E-state index contributed by atoms with van der Waals surface area (Å²) in [7, 11) is 0. The molecule has 1 atom stereocenters. The van der Waals surface area contributed by atoms with Crippen LogP contribution in [0.3, 0.4) is 0 Å². The zero-order chi connectivity index (χ0) is 22.6. The molecule has 10 heteroatoms. The second-order valence-electron chi connectivity index (χ2n) is 8.11. The van der Waals surface area contributed by atoms with E-state index in [4.69, 9.17) is 4.74 Å². The Kier molecular flexibility index (Phi) is 5.43. The topological polar surface area (TPSA) is 49.2 Å². The molecule has 1 saturated carbocycles. The number of rotatable bonds is 6. The summed E-state index contributed by atoms with van der Waals surface area (Å²) in [5.41, 5.74) is -0.680. The highest BCUT2D eigenvalue weighted by atomic mass is 32.2. The third-order valence-electron chi connectivity index (χ3n) is 5.83. The number of halogens is 5. The van der Waals surface area contributed by atoms with Gasteiger partial charge in [-0.3, -0.25) is 0 Å². The lowest BCUT2D eigenvalue weighted by atomic mass is 9.97. The molecule has 0 amide bonds. The monoisotopic (exact) mass is 470 g/mol. The minimum Gasteiger partial charge on any atom is -0.598 e. The fourth-order valence-corrected chi connectivity index (χ4v) is 5.01. The number of hydrogen-bond acceptors (Lipinski definition) is 3. The number of hydrogen-bond donors (Lipinski definition) is 1. The van der Waals surface area contributed by atoms with Gasteiger partial charge in [-0.15, -0.1) is 4.72 Å². The summed E-state index contributed by atoms with van der Waals surface area (Å²) in [5.74, 6) is -1.89. The van der Waals surface area contributed by atoms with E-state index in [1.807, 2.05) is 4.57 Å². The van der Waals surface area contributed by atoms with Gasteiger partial charge in [-0.1, -0.05) is 6.07 Å². The minimum absolute atomic E-state index is 0.0335. The summed E-state index contributed by atoms with van der Waals surface area (Å²) in [6.45, 7) is 1.10. The van der Waals surface area contributed by atoms with E-state index in [1.165, 1.54) is 12.1 Å². The molecular weight excluding hydrogens is 451 g/mol. The van der Waals surface area contributed by atoms with Crippen LogP contribution in [-0.4, -0.2) is 27.6 Å². The SMILES string of the molecule is [O-][S+](NCc1cn(C2COC2)c2cc(-c3ccc(F)cc3C(F)(F)F)c(F)cc12)C1CC1. The highest BCUT2D eigenvalue weighted by molar-refractivity contribution is 7.90. The molecule has 1 N–H and O–H groups in total. The van der Waals surface area contributed by atoms with Gasteiger partial charge in [0.1, 0.15) is 16.9 Å². The second-order valence-corrected chi connectivity index (χ2v) is 9.66. The predicted molar refractivity (Wildman–Crippen MR) is 110 cm³/mol. The first-order valence-electron chi connectivity index (χ1n) is 10.1. The van der Waals surface area contributed by atoms with Crippen molar-refractivity contribution in [3.63, 3.8) is 0 Å². The van der Waals surface area contributed by atoms with Crippen LogP contribution in [-0.2, 0) is 28.8 Å². The van der Waals surface area contributed by atoms with E-state index in [0.717, 1.165) is 25.0 Å². The molecule has 3 aromatic rings. The van der Waals surface area contributed by atoms with Crippen molar-refractivity contribution in [3.8, 4) is 11.1 Å². The Labute approximate surface area is 183 Å². The van der Waals surface area contributed by atoms with Crippen molar-refractivity contribution in [2.45, 2.75) is 36.9 Å². The molecule has 2 fully saturated rings. The van der Waals surface area contributed by atoms with Crippen LogP contribution in [0.25, 0.3) is 22.0 Å². The maximum absolute atomic E-state index is 15.1. The van der Waals surface area contributed by atoms with Crippen LogP contribution in [0.2, 0.25) is 0 Å². The van der Waals surface area contributed by atoms with Crippen molar-refractivity contribution in [2.75, 3.05) is 13.2 Å². The standard InChI is InChI=1S/C22H19F5N2O2S/c23-13-1-4-16(19(5-13)22(25,26)27)18-7-21-17(6-20(18)24)12(8-28-32(30)15-2-3-15)9-29(21)14-10-31-11-14/h1,4-7,9,14-15,28H,2-3,8,10-11H2. The summed E-state index contributed by atoms with van der Waals surface area (Å²) in [6.07, 6.45) is -1.24. The maximum Gasteiger partial charge on any atom is 0.417 e. The summed E-state index contributed by atoms with van der Waals surface area (Å²) in [4.78, 5) is 0. The quantitative estimate of drug-likeness (QED) is 0.403. The van der Waals surface area contributed by atoms with E-state index in [1.54, 1.807) is 6.20 Å². The van der Waals surface area contributed by atoms with Gasteiger partial charge in [0.25, 0.3) is 0 Å². The molecule has 0 spiro atoms. The molecule has 5 rings (SSSR count). The molecule has 1 aliphatic carbocycles. The van der Waals surface area contributed by atoms with Gasteiger partial charge in [-0.25, -0.2) is 8.78 Å². The van der Waals surface area contributed by atoms with E-state index in [-0.39, 0.29) is 23.4 Å². The lowest BCUT2D eigenvalue weighted by molar-refractivity contribution is -0.137. The molecular formula is C22H19F5N2O2S. The zero-order valence-electron chi connectivity index (χ0n) is 16.7. The third-order valence-corrected chi connectivity index (χ3v) is 7.33. The smallest absolute Gasteiger partial charge is 0.417 e. The summed E-state index contributed by atoms with van der Waals surface area (Å²) >= 11 is -1.19. The van der Waals surface area contributed by atoms with Gasteiger partial charge in [0, 0.05) is 46.9 Å². The van der Waals surface area contributed by atoms with Gasteiger partial charge < -0.3 is 13.9 Å². The van der Waals surface area contributed by atoms with Crippen LogP contribution in [0.1, 0.15) is 30.0 Å². The van der Waals surface area contributed by atoms with E-state index in [9.17, 15) is 22.1 Å². The van der Waals surface area contributed by atoms with Gasteiger partial charge in [0.05, 0.1) is 31.4 Å². The van der Waals surface area contributed by atoms with Gasteiger partial charge in [0.15, 0.2) is 0 Å². The van der Waals surface area contributed by atoms with Crippen LogP contribution < -0.4 is 4.72 Å². The maximum atomic E-state index is 15.1. The summed E-state index contributed by atoms with van der Waals surface area (Å²) in [6, 6.07) is 4.74. The fourth-order valence-electron chi connectivity index (χ4n) is 3.91. The van der Waals surface area contributed by atoms with Crippen LogP contribution in [0.4, 0.5) is 22.0 Å². The molecule has 4 nitrogen and oxygen atoms in total. The predicted octanol–water partition coefficient (Wildman–Crippen LogP) is 5.09. The Morgan fingerprint density at radius 2 is 1.84 bits per heavy atom. The number of nitrogens with zero attached hydrogens (tertiary/aromatic N) is 1. The van der Waals surface area contributed by atoms with E-state index < -0.39 is 40.3 Å². The Morgan fingerprint density at radius 3 is 2.47 bits per heavy atom. The molecule has 1 saturated heterocycles. The molecule has 1 aromatic heterocycles. The number of benzene rings is 2. The molecule has 1 aliphatic heterocycles. The number of aromatic nitrogens is 1. The molecule has 2 aromatic carbocycles. The molecule has 2 aliphatic rings. The van der Waals surface area contributed by atoms with Crippen LogP contribution in [0.15, 0.2) is 36.5 Å². The molecule has 32 heavy (non-hydrogen) atoms. The number of nitrogens with one attached hydrogen (secondary N) is 1. The molecule has 1 unspecified atom stereocenters. The Bertz CT molecular complexity index is 1170. The number of ether oxygens (including phenoxy) is 1. The molecule has 170 valence electrons. The van der Waals surface area contributed by atoms with Gasteiger partial charge in [0.2, 0.25) is 0 Å². The van der Waals surface area contributed by atoms with Gasteiger partial charge in [-0.2, -0.15) is 13.2 Å². The van der Waals surface area contributed by atoms with Crippen molar-refractivity contribution in [2.24, 2.45) is 0 Å². The first-order valence-corrected chi connectivity index (χ1v) is 11.4. The lowest BCUT2D eigenvalue weighted by Gasteiger charge is -2.28. The minimum atomic E-state index is -4.84. The third kappa shape index (κ3) is 4.00. The Balaban J connectivity index is 1.61.